The molecule has 0 aliphatic heterocycles. The Labute approximate surface area is 119 Å². The summed E-state index contributed by atoms with van der Waals surface area (Å²) < 4.78 is 4.55. The molecule has 1 aromatic rings. The van der Waals surface area contributed by atoms with E-state index < -0.39 is 0 Å². The van der Waals surface area contributed by atoms with Gasteiger partial charge in [0.15, 0.2) is 0 Å². The number of ether oxygens (including phenoxy) is 1. The van der Waals surface area contributed by atoms with Gasteiger partial charge in [0.25, 0.3) is 0 Å². The molecule has 5 nitrogen and oxygen atoms in total. The van der Waals surface area contributed by atoms with E-state index in [4.69, 9.17) is 0 Å². The Kier molecular flexibility index (Phi) is 6.73. The fraction of sp³-hybridized carbons (Fsp3) is 0.467. The zero-order valence-corrected chi connectivity index (χ0v) is 12.3. The third-order valence-electron chi connectivity index (χ3n) is 2.96. The van der Waals surface area contributed by atoms with Gasteiger partial charge in [-0.1, -0.05) is 30.3 Å². The van der Waals surface area contributed by atoms with Gasteiger partial charge < -0.3 is 10.1 Å². The lowest BCUT2D eigenvalue weighted by Crippen LogP contribution is -2.37. The van der Waals surface area contributed by atoms with Crippen molar-refractivity contribution in [2.75, 3.05) is 27.7 Å². The summed E-state index contributed by atoms with van der Waals surface area (Å²) in [5.41, 5.74) is 0.947. The first-order valence-electron chi connectivity index (χ1n) is 6.62. The molecule has 0 fully saturated rings. The first-order valence-corrected chi connectivity index (χ1v) is 6.62. The van der Waals surface area contributed by atoms with Crippen LogP contribution in [0.15, 0.2) is 30.3 Å². The molecule has 0 saturated carbocycles. The summed E-state index contributed by atoms with van der Waals surface area (Å²) in [6.45, 7) is 0.463. The maximum Gasteiger partial charge on any atom is 0.305 e. The maximum absolute atomic E-state index is 12.2. The minimum Gasteiger partial charge on any atom is -0.469 e. The molecule has 0 aromatic heterocycles. The van der Waals surface area contributed by atoms with E-state index in [0.717, 1.165) is 5.56 Å². The molecule has 0 spiro atoms. The van der Waals surface area contributed by atoms with Gasteiger partial charge in [0.2, 0.25) is 5.91 Å². The lowest BCUT2D eigenvalue weighted by Gasteiger charge is -2.23. The molecule has 110 valence electrons. The van der Waals surface area contributed by atoms with Crippen LogP contribution in [0.5, 0.6) is 0 Å². The number of amides is 1. The summed E-state index contributed by atoms with van der Waals surface area (Å²) in [6, 6.07) is 9.28. The number of rotatable bonds is 7. The van der Waals surface area contributed by atoms with Gasteiger partial charge in [0.1, 0.15) is 6.04 Å². The number of carbonyl (C=O) groups is 2. The SMILES string of the molecule is COC(=O)CCCNC(=O)[C@H](c1ccccc1)N(C)C. The first kappa shape index (κ1) is 16.2. The van der Waals surface area contributed by atoms with Gasteiger partial charge in [-0.3, -0.25) is 14.5 Å². The number of hydrogen-bond donors (Lipinski definition) is 1. The smallest absolute Gasteiger partial charge is 0.305 e. The lowest BCUT2D eigenvalue weighted by molar-refractivity contribution is -0.140. The predicted octanol–water partition coefficient (Wildman–Crippen LogP) is 1.36. The van der Waals surface area contributed by atoms with Crippen molar-refractivity contribution < 1.29 is 14.3 Å². The number of esters is 1. The molecule has 0 heterocycles. The Morgan fingerprint density at radius 2 is 1.90 bits per heavy atom. The van der Waals surface area contributed by atoms with Crippen LogP contribution in [0.1, 0.15) is 24.4 Å². The molecule has 5 heteroatoms. The number of nitrogens with one attached hydrogen (secondary N) is 1. The topological polar surface area (TPSA) is 58.6 Å². The molecule has 1 N–H and O–H groups in total. The number of methoxy groups -OCH3 is 1. The van der Waals surface area contributed by atoms with Crippen molar-refractivity contribution >= 4 is 11.9 Å². The lowest BCUT2D eigenvalue weighted by atomic mass is 10.1. The van der Waals surface area contributed by atoms with E-state index >= 15 is 0 Å². The van der Waals surface area contributed by atoms with Crippen LogP contribution >= 0.6 is 0 Å². The first-order chi connectivity index (χ1) is 9.56. The number of carbonyl (C=O) groups excluding carboxylic acids is 2. The van der Waals surface area contributed by atoms with Crippen LogP contribution in [0, 0.1) is 0 Å². The quantitative estimate of drug-likeness (QED) is 0.604. The average molecular weight is 278 g/mol. The van der Waals surface area contributed by atoms with E-state index in [2.05, 4.69) is 10.1 Å². The van der Waals surface area contributed by atoms with Crippen molar-refractivity contribution in [2.24, 2.45) is 0 Å². The highest BCUT2D eigenvalue weighted by Crippen LogP contribution is 2.17. The zero-order valence-electron chi connectivity index (χ0n) is 12.3. The van der Waals surface area contributed by atoms with E-state index in [1.54, 1.807) is 0 Å². The van der Waals surface area contributed by atoms with Crippen molar-refractivity contribution in [3.63, 3.8) is 0 Å². The van der Waals surface area contributed by atoms with Gasteiger partial charge in [0.05, 0.1) is 7.11 Å². The minimum absolute atomic E-state index is 0.0638. The molecule has 1 rings (SSSR count). The standard InChI is InChI=1S/C15H22N2O3/c1-17(2)14(12-8-5-4-6-9-12)15(19)16-11-7-10-13(18)20-3/h4-6,8-9,14H,7,10-11H2,1-3H3,(H,16,19)/t14-/m0/s1. The Morgan fingerprint density at radius 3 is 2.45 bits per heavy atom. The predicted molar refractivity (Wildman–Crippen MR) is 77.1 cm³/mol. The second kappa shape index (κ2) is 8.32. The number of likely N-dealkylation sites (N-methyl/N-ethyl adjacent to an activating group) is 1. The summed E-state index contributed by atoms with van der Waals surface area (Å²) in [4.78, 5) is 25.1. The van der Waals surface area contributed by atoms with Gasteiger partial charge in [-0.25, -0.2) is 0 Å². The monoisotopic (exact) mass is 278 g/mol. The summed E-state index contributed by atoms with van der Waals surface area (Å²) in [5, 5.41) is 2.85. The Bertz CT molecular complexity index is 432. The van der Waals surface area contributed by atoms with E-state index in [1.165, 1.54) is 7.11 Å². The van der Waals surface area contributed by atoms with Crippen molar-refractivity contribution in [3.8, 4) is 0 Å². The van der Waals surface area contributed by atoms with Crippen LogP contribution in [0.25, 0.3) is 0 Å². The van der Waals surface area contributed by atoms with E-state index in [0.29, 0.717) is 19.4 Å². The summed E-state index contributed by atoms with van der Waals surface area (Å²) in [6.07, 6.45) is 0.891. The second-order valence-corrected chi connectivity index (χ2v) is 4.75. The largest absolute Gasteiger partial charge is 0.469 e. The summed E-state index contributed by atoms with van der Waals surface area (Å²) in [5.74, 6) is -0.322. The van der Waals surface area contributed by atoms with Crippen LogP contribution in [-0.2, 0) is 14.3 Å². The number of benzene rings is 1. The van der Waals surface area contributed by atoms with Gasteiger partial charge in [-0.2, -0.15) is 0 Å². The normalized spacial score (nSPS) is 12.0. The molecule has 0 bridgehead atoms. The molecule has 1 atom stereocenters. The molecule has 0 aliphatic rings. The highest BCUT2D eigenvalue weighted by Gasteiger charge is 2.22. The highest BCUT2D eigenvalue weighted by atomic mass is 16.5. The van der Waals surface area contributed by atoms with Gasteiger partial charge in [-0.15, -0.1) is 0 Å². The van der Waals surface area contributed by atoms with E-state index in [-0.39, 0.29) is 17.9 Å². The fourth-order valence-corrected chi connectivity index (χ4v) is 1.96. The van der Waals surface area contributed by atoms with Crippen molar-refractivity contribution in [1.29, 1.82) is 0 Å². The van der Waals surface area contributed by atoms with Gasteiger partial charge >= 0.3 is 5.97 Å². The molecular weight excluding hydrogens is 256 g/mol. The fourth-order valence-electron chi connectivity index (χ4n) is 1.96. The minimum atomic E-state index is -0.325. The summed E-state index contributed by atoms with van der Waals surface area (Å²) >= 11 is 0. The van der Waals surface area contributed by atoms with Crippen LogP contribution < -0.4 is 5.32 Å². The van der Waals surface area contributed by atoms with Crippen LogP contribution in [0.2, 0.25) is 0 Å². The zero-order chi connectivity index (χ0) is 15.0. The van der Waals surface area contributed by atoms with Crippen LogP contribution in [-0.4, -0.2) is 44.5 Å². The van der Waals surface area contributed by atoms with Crippen LogP contribution in [0.3, 0.4) is 0 Å². The van der Waals surface area contributed by atoms with Gasteiger partial charge in [0, 0.05) is 13.0 Å². The molecule has 0 aliphatic carbocycles. The molecule has 1 amide bonds. The molecule has 0 unspecified atom stereocenters. The number of hydrogen-bond acceptors (Lipinski definition) is 4. The molecule has 20 heavy (non-hydrogen) atoms. The van der Waals surface area contributed by atoms with Crippen molar-refractivity contribution in [1.82, 2.24) is 10.2 Å². The Hall–Kier alpha value is -1.88. The maximum atomic E-state index is 12.2. The Morgan fingerprint density at radius 1 is 1.25 bits per heavy atom. The van der Waals surface area contributed by atoms with Crippen molar-refractivity contribution in [3.05, 3.63) is 35.9 Å². The highest BCUT2D eigenvalue weighted by molar-refractivity contribution is 5.83. The van der Waals surface area contributed by atoms with E-state index in [1.807, 2.05) is 49.3 Å². The van der Waals surface area contributed by atoms with Crippen molar-refractivity contribution in [2.45, 2.75) is 18.9 Å². The molecule has 0 radical (unpaired) electrons. The van der Waals surface area contributed by atoms with Gasteiger partial charge in [-0.05, 0) is 26.1 Å². The second-order valence-electron chi connectivity index (χ2n) is 4.75. The number of nitrogens with zero attached hydrogens (tertiary/aromatic N) is 1. The third kappa shape index (κ3) is 5.01. The molecular formula is C15H22N2O3. The van der Waals surface area contributed by atoms with Crippen LogP contribution in [0.4, 0.5) is 0 Å². The molecule has 0 saturated heterocycles. The molecule has 1 aromatic carbocycles. The third-order valence-corrected chi connectivity index (χ3v) is 2.96. The van der Waals surface area contributed by atoms with E-state index in [9.17, 15) is 9.59 Å². The average Bonchev–Trinajstić information content (AvgIpc) is 2.44. The summed E-state index contributed by atoms with van der Waals surface area (Å²) in [7, 11) is 5.09. The Balaban J connectivity index is 2.52.